The molecule has 7 heteroatoms. The molecule has 0 saturated carbocycles. The number of hydrogen-bond acceptors (Lipinski definition) is 5. The van der Waals surface area contributed by atoms with Crippen molar-refractivity contribution in [2.24, 2.45) is 0 Å². The van der Waals surface area contributed by atoms with Crippen LogP contribution in [0.5, 0.6) is 11.5 Å². The highest BCUT2D eigenvalue weighted by molar-refractivity contribution is 5.94. The van der Waals surface area contributed by atoms with Crippen molar-refractivity contribution < 1.29 is 19.1 Å². The fourth-order valence-electron chi connectivity index (χ4n) is 3.61. The minimum absolute atomic E-state index is 0.0303. The largest absolute Gasteiger partial charge is 0.493 e. The monoisotopic (exact) mass is 411 g/mol. The summed E-state index contributed by atoms with van der Waals surface area (Å²) in [6.07, 6.45) is 0. The van der Waals surface area contributed by atoms with E-state index >= 15 is 0 Å². The highest BCUT2D eigenvalue weighted by atomic mass is 16.5. The number of likely N-dealkylation sites (N-methyl/N-ethyl adjacent to an activating group) is 1. The fourth-order valence-corrected chi connectivity index (χ4v) is 3.61. The maximum atomic E-state index is 12.7. The van der Waals surface area contributed by atoms with Gasteiger partial charge in [0.15, 0.2) is 11.5 Å². The number of hydrogen-bond donors (Lipinski definition) is 0. The van der Waals surface area contributed by atoms with Crippen molar-refractivity contribution in [1.29, 1.82) is 0 Å². The number of methoxy groups -OCH3 is 2. The van der Waals surface area contributed by atoms with Crippen molar-refractivity contribution >= 4 is 11.8 Å². The third kappa shape index (κ3) is 5.10. The Labute approximate surface area is 177 Å². The first-order valence-corrected chi connectivity index (χ1v) is 10.0. The van der Waals surface area contributed by atoms with Gasteiger partial charge in [-0.05, 0) is 18.2 Å². The van der Waals surface area contributed by atoms with Gasteiger partial charge in [0.05, 0.1) is 20.8 Å². The predicted octanol–water partition coefficient (Wildman–Crippen LogP) is 2.12. The zero-order valence-corrected chi connectivity index (χ0v) is 17.8. The highest BCUT2D eigenvalue weighted by Crippen LogP contribution is 2.31. The lowest BCUT2D eigenvalue weighted by atomic mass is 10.1. The molecule has 0 radical (unpaired) electrons. The number of carbonyl (C=O) groups excluding carboxylic acids is 2. The summed E-state index contributed by atoms with van der Waals surface area (Å²) in [6.45, 7) is 3.37. The minimum atomic E-state index is 0.0303. The maximum absolute atomic E-state index is 12.7. The number of amides is 2. The number of piperazine rings is 1. The summed E-state index contributed by atoms with van der Waals surface area (Å²) in [5, 5.41) is 0. The molecule has 3 rings (SSSR count). The van der Waals surface area contributed by atoms with Gasteiger partial charge in [0, 0.05) is 50.9 Å². The van der Waals surface area contributed by atoms with Crippen molar-refractivity contribution in [3.05, 3.63) is 59.7 Å². The number of para-hydroxylation sites is 1. The summed E-state index contributed by atoms with van der Waals surface area (Å²) in [5.74, 6) is 1.37. The lowest BCUT2D eigenvalue weighted by Gasteiger charge is -2.35. The molecule has 0 unspecified atom stereocenters. The van der Waals surface area contributed by atoms with Crippen LogP contribution in [-0.4, -0.2) is 80.5 Å². The van der Waals surface area contributed by atoms with Gasteiger partial charge >= 0.3 is 0 Å². The van der Waals surface area contributed by atoms with Crippen LogP contribution in [0.4, 0.5) is 0 Å². The predicted molar refractivity (Wildman–Crippen MR) is 115 cm³/mol. The molecular weight excluding hydrogens is 382 g/mol. The molecular formula is C23H29N3O4. The minimum Gasteiger partial charge on any atom is -0.493 e. The van der Waals surface area contributed by atoms with Gasteiger partial charge in [0.25, 0.3) is 5.91 Å². The molecule has 0 spiro atoms. The van der Waals surface area contributed by atoms with Gasteiger partial charge < -0.3 is 19.3 Å². The van der Waals surface area contributed by atoms with Gasteiger partial charge in [-0.25, -0.2) is 0 Å². The Morgan fingerprint density at radius 1 is 0.933 bits per heavy atom. The molecule has 1 aliphatic rings. The number of ether oxygens (including phenoxy) is 2. The molecule has 1 heterocycles. The Kier molecular flexibility index (Phi) is 7.30. The lowest BCUT2D eigenvalue weighted by Crippen LogP contribution is -2.51. The van der Waals surface area contributed by atoms with Gasteiger partial charge in [-0.1, -0.05) is 30.3 Å². The fraction of sp³-hybridized carbons (Fsp3) is 0.391. The molecule has 0 atom stereocenters. The summed E-state index contributed by atoms with van der Waals surface area (Å²) in [7, 11) is 4.98. The van der Waals surface area contributed by atoms with Crippen LogP contribution < -0.4 is 9.47 Å². The van der Waals surface area contributed by atoms with Crippen molar-refractivity contribution in [3.63, 3.8) is 0 Å². The standard InChI is InChI=1S/C23H29N3O4/c1-24(16-19-10-7-11-20(29-2)22(19)30-3)21(27)17-25-12-14-26(15-13-25)23(28)18-8-5-4-6-9-18/h4-11H,12-17H2,1-3H3. The first kappa shape index (κ1) is 21.6. The third-order valence-electron chi connectivity index (χ3n) is 5.36. The van der Waals surface area contributed by atoms with Gasteiger partial charge in [0.2, 0.25) is 5.91 Å². The van der Waals surface area contributed by atoms with Crippen LogP contribution in [-0.2, 0) is 11.3 Å². The zero-order valence-electron chi connectivity index (χ0n) is 17.8. The van der Waals surface area contributed by atoms with Crippen LogP contribution in [0.2, 0.25) is 0 Å². The quantitative estimate of drug-likeness (QED) is 0.699. The Hall–Kier alpha value is -3.06. The SMILES string of the molecule is COc1cccc(CN(C)C(=O)CN2CCN(C(=O)c3ccccc3)CC2)c1OC. The molecule has 0 N–H and O–H groups in total. The number of nitrogens with zero attached hydrogens (tertiary/aromatic N) is 3. The molecule has 0 aromatic heterocycles. The summed E-state index contributed by atoms with van der Waals surface area (Å²) in [4.78, 5) is 30.9. The zero-order chi connectivity index (χ0) is 21.5. The number of benzene rings is 2. The van der Waals surface area contributed by atoms with Crippen molar-refractivity contribution in [2.75, 3.05) is 54.0 Å². The van der Waals surface area contributed by atoms with E-state index in [9.17, 15) is 9.59 Å². The molecule has 160 valence electrons. The maximum Gasteiger partial charge on any atom is 0.253 e. The first-order valence-electron chi connectivity index (χ1n) is 10.0. The van der Waals surface area contributed by atoms with Crippen molar-refractivity contribution in [1.82, 2.24) is 14.7 Å². The lowest BCUT2D eigenvalue weighted by molar-refractivity contribution is -0.132. The van der Waals surface area contributed by atoms with E-state index in [0.717, 1.165) is 5.56 Å². The average Bonchev–Trinajstić information content (AvgIpc) is 2.79. The van der Waals surface area contributed by atoms with E-state index in [1.165, 1.54) is 0 Å². The van der Waals surface area contributed by atoms with E-state index in [1.807, 2.05) is 53.4 Å². The van der Waals surface area contributed by atoms with Crippen LogP contribution >= 0.6 is 0 Å². The molecule has 0 aliphatic carbocycles. The van der Waals surface area contributed by atoms with E-state index < -0.39 is 0 Å². The van der Waals surface area contributed by atoms with Gasteiger partial charge in [0.1, 0.15) is 0 Å². The second-order valence-corrected chi connectivity index (χ2v) is 7.34. The Bertz CT molecular complexity index is 864. The summed E-state index contributed by atoms with van der Waals surface area (Å²) >= 11 is 0. The smallest absolute Gasteiger partial charge is 0.253 e. The highest BCUT2D eigenvalue weighted by Gasteiger charge is 2.24. The normalized spacial score (nSPS) is 14.3. The Balaban J connectivity index is 1.52. The summed E-state index contributed by atoms with van der Waals surface area (Å²) in [5.41, 5.74) is 1.60. The molecule has 2 aromatic carbocycles. The van der Waals surface area contributed by atoms with Crippen LogP contribution in [0.15, 0.2) is 48.5 Å². The molecule has 2 amide bonds. The van der Waals surface area contributed by atoms with Crippen LogP contribution in [0, 0.1) is 0 Å². The molecule has 0 bridgehead atoms. The number of carbonyl (C=O) groups is 2. The molecule has 30 heavy (non-hydrogen) atoms. The average molecular weight is 412 g/mol. The Morgan fingerprint density at radius 3 is 2.27 bits per heavy atom. The van der Waals surface area contributed by atoms with Gasteiger partial charge in [-0.3, -0.25) is 14.5 Å². The molecule has 1 saturated heterocycles. The Morgan fingerprint density at radius 2 is 1.63 bits per heavy atom. The topological polar surface area (TPSA) is 62.3 Å². The molecule has 1 aliphatic heterocycles. The third-order valence-corrected chi connectivity index (χ3v) is 5.36. The summed E-state index contributed by atoms with van der Waals surface area (Å²) < 4.78 is 10.8. The second-order valence-electron chi connectivity index (χ2n) is 7.34. The van der Waals surface area contributed by atoms with E-state index in [0.29, 0.717) is 56.3 Å². The number of rotatable bonds is 7. The van der Waals surface area contributed by atoms with Crippen LogP contribution in [0.25, 0.3) is 0 Å². The van der Waals surface area contributed by atoms with Gasteiger partial charge in [-0.15, -0.1) is 0 Å². The molecule has 1 fully saturated rings. The van der Waals surface area contributed by atoms with Crippen molar-refractivity contribution in [3.8, 4) is 11.5 Å². The second kappa shape index (κ2) is 10.1. The van der Waals surface area contributed by atoms with E-state index in [-0.39, 0.29) is 11.8 Å². The van der Waals surface area contributed by atoms with Crippen molar-refractivity contribution in [2.45, 2.75) is 6.54 Å². The van der Waals surface area contributed by atoms with E-state index in [4.69, 9.17) is 9.47 Å². The van der Waals surface area contributed by atoms with E-state index in [1.54, 1.807) is 26.2 Å². The molecule has 7 nitrogen and oxygen atoms in total. The van der Waals surface area contributed by atoms with Crippen LogP contribution in [0.3, 0.4) is 0 Å². The molecule has 2 aromatic rings. The summed E-state index contributed by atoms with van der Waals surface area (Å²) in [6, 6.07) is 15.0. The van der Waals surface area contributed by atoms with E-state index in [2.05, 4.69) is 4.90 Å². The van der Waals surface area contributed by atoms with Gasteiger partial charge in [-0.2, -0.15) is 0 Å². The first-order chi connectivity index (χ1) is 14.5. The van der Waals surface area contributed by atoms with Crippen LogP contribution in [0.1, 0.15) is 15.9 Å².